The molecule has 0 saturated heterocycles. The van der Waals surface area contributed by atoms with Crippen LogP contribution in [0, 0.1) is 0 Å². The average Bonchev–Trinajstić information content (AvgIpc) is 2.94. The van der Waals surface area contributed by atoms with E-state index in [1.54, 1.807) is 36.4 Å². The molecule has 3 rings (SSSR count). The van der Waals surface area contributed by atoms with Crippen molar-refractivity contribution in [2.75, 3.05) is 0 Å². The maximum atomic E-state index is 13.5. The number of nitrogens with one attached hydrogen (secondary N) is 3. The first kappa shape index (κ1) is 29.9. The van der Waals surface area contributed by atoms with E-state index in [0.717, 1.165) is 11.1 Å². The molecule has 210 valence electrons. The number of nitrogens with two attached hydrogens (primary N) is 1. The van der Waals surface area contributed by atoms with Gasteiger partial charge in [0.25, 0.3) is 0 Å². The molecule has 0 bridgehead atoms. The van der Waals surface area contributed by atoms with E-state index in [4.69, 9.17) is 5.73 Å². The van der Waals surface area contributed by atoms with Crippen molar-refractivity contribution in [1.29, 1.82) is 0 Å². The van der Waals surface area contributed by atoms with Crippen LogP contribution < -0.4 is 21.7 Å². The summed E-state index contributed by atoms with van der Waals surface area (Å²) in [6, 6.07) is 19.7. The summed E-state index contributed by atoms with van der Waals surface area (Å²) in [5.41, 5.74) is 7.83. The number of benzene rings is 3. The lowest BCUT2D eigenvalue weighted by atomic mass is 10.0. The fourth-order valence-corrected chi connectivity index (χ4v) is 4.03. The van der Waals surface area contributed by atoms with Crippen LogP contribution in [0.5, 0.6) is 5.75 Å². The van der Waals surface area contributed by atoms with Crippen molar-refractivity contribution in [2.24, 2.45) is 5.73 Å². The zero-order chi connectivity index (χ0) is 29.1. The van der Waals surface area contributed by atoms with Crippen LogP contribution in [-0.4, -0.2) is 58.1 Å². The number of hydrogen-bond acceptors (Lipinski definition) is 6. The van der Waals surface area contributed by atoms with Gasteiger partial charge in [-0.1, -0.05) is 72.8 Å². The van der Waals surface area contributed by atoms with E-state index in [1.165, 1.54) is 19.1 Å². The number of phenolic OH excluding ortho intramolecular Hbond substituents is 1. The third-order valence-corrected chi connectivity index (χ3v) is 6.24. The number of aliphatic carboxylic acids is 1. The van der Waals surface area contributed by atoms with E-state index >= 15 is 0 Å². The summed E-state index contributed by atoms with van der Waals surface area (Å²) < 4.78 is 0. The highest BCUT2D eigenvalue weighted by molar-refractivity contribution is 5.94. The normalized spacial score (nSPS) is 13.8. The first-order valence-corrected chi connectivity index (χ1v) is 12.9. The Morgan fingerprint density at radius 3 is 1.43 bits per heavy atom. The molecule has 0 aliphatic heterocycles. The molecule has 40 heavy (non-hydrogen) atoms. The van der Waals surface area contributed by atoms with E-state index < -0.39 is 47.9 Å². The van der Waals surface area contributed by atoms with Gasteiger partial charge in [-0.2, -0.15) is 0 Å². The zero-order valence-corrected chi connectivity index (χ0v) is 22.1. The summed E-state index contributed by atoms with van der Waals surface area (Å²) in [7, 11) is 0. The van der Waals surface area contributed by atoms with Crippen LogP contribution in [0.3, 0.4) is 0 Å². The van der Waals surface area contributed by atoms with Crippen LogP contribution in [0.2, 0.25) is 0 Å². The summed E-state index contributed by atoms with van der Waals surface area (Å²) in [4.78, 5) is 51.3. The summed E-state index contributed by atoms with van der Waals surface area (Å²) in [5, 5.41) is 27.2. The minimum Gasteiger partial charge on any atom is -0.508 e. The molecule has 0 fully saturated rings. The van der Waals surface area contributed by atoms with Crippen molar-refractivity contribution in [3.8, 4) is 5.75 Å². The highest BCUT2D eigenvalue weighted by atomic mass is 16.4. The Bertz CT molecular complexity index is 1280. The molecule has 0 heterocycles. The average molecular weight is 547 g/mol. The summed E-state index contributed by atoms with van der Waals surface area (Å²) in [5.74, 6) is -3.05. The van der Waals surface area contributed by atoms with Crippen molar-refractivity contribution in [3.05, 3.63) is 102 Å². The molecule has 0 aromatic heterocycles. The highest BCUT2D eigenvalue weighted by Gasteiger charge is 2.30. The molecule has 10 nitrogen and oxygen atoms in total. The van der Waals surface area contributed by atoms with Crippen molar-refractivity contribution in [2.45, 2.75) is 50.4 Å². The quantitative estimate of drug-likeness (QED) is 0.188. The summed E-state index contributed by atoms with van der Waals surface area (Å²) >= 11 is 0. The van der Waals surface area contributed by atoms with Crippen molar-refractivity contribution >= 4 is 23.7 Å². The SMILES string of the molecule is CC(N)C(=O)NC(Cc1ccccc1)C(=O)NC(Cc1ccccc1)C(=O)NC(Cc1ccc(O)cc1)C(=O)O. The Balaban J connectivity index is 1.82. The zero-order valence-electron chi connectivity index (χ0n) is 22.1. The predicted molar refractivity (Wildman–Crippen MR) is 149 cm³/mol. The minimum atomic E-state index is -1.29. The van der Waals surface area contributed by atoms with E-state index in [2.05, 4.69) is 16.0 Å². The van der Waals surface area contributed by atoms with Crippen molar-refractivity contribution in [1.82, 2.24) is 16.0 Å². The predicted octanol–water partition coefficient (Wildman–Crippen LogP) is 1.31. The molecular formula is C30H34N4O6. The fraction of sp³-hybridized carbons (Fsp3) is 0.267. The molecule has 4 atom stereocenters. The van der Waals surface area contributed by atoms with Gasteiger partial charge in [0.1, 0.15) is 23.9 Å². The topological polar surface area (TPSA) is 171 Å². The maximum absolute atomic E-state index is 13.5. The lowest BCUT2D eigenvalue weighted by Crippen LogP contribution is -2.58. The first-order chi connectivity index (χ1) is 19.1. The second-order valence-corrected chi connectivity index (χ2v) is 9.56. The van der Waals surface area contributed by atoms with Gasteiger partial charge in [-0.05, 0) is 35.7 Å². The number of rotatable bonds is 13. The molecule has 3 aromatic rings. The van der Waals surface area contributed by atoms with E-state index in [-0.39, 0.29) is 25.0 Å². The van der Waals surface area contributed by atoms with E-state index in [0.29, 0.717) is 5.56 Å². The van der Waals surface area contributed by atoms with Crippen LogP contribution in [0.25, 0.3) is 0 Å². The van der Waals surface area contributed by atoms with Gasteiger partial charge in [-0.3, -0.25) is 14.4 Å². The molecule has 0 spiro atoms. The van der Waals surface area contributed by atoms with Gasteiger partial charge >= 0.3 is 5.97 Å². The smallest absolute Gasteiger partial charge is 0.326 e. The number of carboxylic acids is 1. The van der Waals surface area contributed by atoms with Gasteiger partial charge in [0.2, 0.25) is 17.7 Å². The molecule has 3 amide bonds. The lowest BCUT2D eigenvalue weighted by molar-refractivity contribution is -0.142. The molecule has 0 aliphatic rings. The van der Waals surface area contributed by atoms with Gasteiger partial charge in [0, 0.05) is 19.3 Å². The number of carbonyl (C=O) groups excluding carboxylic acids is 3. The Kier molecular flexibility index (Phi) is 10.8. The number of carboxylic acid groups (broad SMARTS) is 1. The molecule has 7 N–H and O–H groups in total. The van der Waals surface area contributed by atoms with Crippen LogP contribution in [0.4, 0.5) is 0 Å². The highest BCUT2D eigenvalue weighted by Crippen LogP contribution is 2.12. The summed E-state index contributed by atoms with van der Waals surface area (Å²) in [6.07, 6.45) is 0.209. The molecule has 0 radical (unpaired) electrons. The van der Waals surface area contributed by atoms with E-state index in [9.17, 15) is 29.4 Å². The Morgan fingerprint density at radius 1 is 0.625 bits per heavy atom. The minimum absolute atomic E-state index is 0.0333. The van der Waals surface area contributed by atoms with Gasteiger partial charge in [-0.15, -0.1) is 0 Å². The largest absolute Gasteiger partial charge is 0.508 e. The van der Waals surface area contributed by atoms with Crippen LogP contribution in [0.1, 0.15) is 23.6 Å². The third kappa shape index (κ3) is 9.25. The van der Waals surface area contributed by atoms with Crippen LogP contribution >= 0.6 is 0 Å². The molecule has 0 aliphatic carbocycles. The lowest BCUT2D eigenvalue weighted by Gasteiger charge is -2.25. The van der Waals surface area contributed by atoms with E-state index in [1.807, 2.05) is 36.4 Å². The molecule has 4 unspecified atom stereocenters. The maximum Gasteiger partial charge on any atom is 0.326 e. The van der Waals surface area contributed by atoms with Gasteiger partial charge in [0.15, 0.2) is 0 Å². The molecule has 0 saturated carbocycles. The van der Waals surface area contributed by atoms with Crippen molar-refractivity contribution in [3.63, 3.8) is 0 Å². The monoisotopic (exact) mass is 546 g/mol. The first-order valence-electron chi connectivity index (χ1n) is 12.9. The Hall–Kier alpha value is -4.70. The number of carbonyl (C=O) groups is 4. The molecule has 3 aromatic carbocycles. The van der Waals surface area contributed by atoms with Crippen molar-refractivity contribution < 1.29 is 29.4 Å². The Morgan fingerprint density at radius 2 is 1.00 bits per heavy atom. The Labute approximate surface area is 232 Å². The number of phenols is 1. The third-order valence-electron chi connectivity index (χ3n) is 6.24. The summed E-state index contributed by atoms with van der Waals surface area (Å²) in [6.45, 7) is 1.50. The second-order valence-electron chi connectivity index (χ2n) is 9.56. The second kappa shape index (κ2) is 14.5. The van der Waals surface area contributed by atoms with Gasteiger partial charge in [0.05, 0.1) is 6.04 Å². The number of aromatic hydroxyl groups is 1. The fourth-order valence-electron chi connectivity index (χ4n) is 4.03. The van der Waals surface area contributed by atoms with Crippen LogP contribution in [0.15, 0.2) is 84.9 Å². The van der Waals surface area contributed by atoms with Gasteiger partial charge < -0.3 is 31.9 Å². The van der Waals surface area contributed by atoms with Gasteiger partial charge in [-0.25, -0.2) is 4.79 Å². The molecule has 10 heteroatoms. The standard InChI is InChI=1S/C30H34N4O6/c1-19(31)27(36)32-24(16-20-8-4-2-5-9-20)28(37)33-25(17-21-10-6-3-7-11-21)29(38)34-26(30(39)40)18-22-12-14-23(35)15-13-22/h2-15,19,24-26,35H,16-18,31H2,1H3,(H,32,36)(H,33,37)(H,34,38)(H,39,40). The number of hydrogen-bond donors (Lipinski definition) is 6. The number of amides is 3. The molecular weight excluding hydrogens is 512 g/mol. The van der Waals surface area contributed by atoms with Crippen LogP contribution in [-0.2, 0) is 38.4 Å².